The molecule has 2 nitrogen and oxygen atoms in total. The van der Waals surface area contributed by atoms with Crippen molar-refractivity contribution < 1.29 is 13.5 Å². The summed E-state index contributed by atoms with van der Waals surface area (Å²) in [5.74, 6) is 1.01. The third-order valence-electron chi connectivity index (χ3n) is 3.52. The van der Waals surface area contributed by atoms with Gasteiger partial charge >= 0.3 is 6.61 Å². The molecular formula is C14H19F2NO. The zero-order valence-corrected chi connectivity index (χ0v) is 10.5. The summed E-state index contributed by atoms with van der Waals surface area (Å²) >= 11 is 0. The van der Waals surface area contributed by atoms with Gasteiger partial charge in [-0.2, -0.15) is 8.78 Å². The predicted octanol–water partition coefficient (Wildman–Crippen LogP) is 3.74. The molecule has 1 aromatic carbocycles. The maximum atomic E-state index is 12.1. The highest BCUT2D eigenvalue weighted by Gasteiger charge is 2.18. The molecule has 100 valence electrons. The van der Waals surface area contributed by atoms with Crippen LogP contribution in [0.2, 0.25) is 0 Å². The van der Waals surface area contributed by atoms with Crippen molar-refractivity contribution in [3.63, 3.8) is 0 Å². The van der Waals surface area contributed by atoms with Crippen molar-refractivity contribution in [3.05, 3.63) is 29.8 Å². The molecule has 1 atom stereocenters. The molecule has 1 aromatic rings. The third-order valence-corrected chi connectivity index (χ3v) is 3.52. The van der Waals surface area contributed by atoms with Crippen LogP contribution in [0.1, 0.15) is 37.8 Å². The van der Waals surface area contributed by atoms with Crippen molar-refractivity contribution in [2.24, 2.45) is 5.92 Å². The summed E-state index contributed by atoms with van der Waals surface area (Å²) in [7, 11) is 0. The van der Waals surface area contributed by atoms with E-state index < -0.39 is 6.61 Å². The summed E-state index contributed by atoms with van der Waals surface area (Å²) in [6.07, 6.45) is 3.93. The Labute approximate surface area is 106 Å². The summed E-state index contributed by atoms with van der Waals surface area (Å²) in [5.41, 5.74) is 0.979. The van der Waals surface area contributed by atoms with Crippen LogP contribution < -0.4 is 10.1 Å². The molecule has 1 aliphatic rings. The summed E-state index contributed by atoms with van der Waals surface area (Å²) < 4.78 is 28.6. The van der Waals surface area contributed by atoms with Crippen LogP contribution in [0.15, 0.2) is 24.3 Å². The Morgan fingerprint density at radius 1 is 1.39 bits per heavy atom. The minimum Gasteiger partial charge on any atom is -0.435 e. The van der Waals surface area contributed by atoms with Gasteiger partial charge in [-0.1, -0.05) is 18.6 Å². The van der Waals surface area contributed by atoms with Crippen molar-refractivity contribution in [2.45, 2.75) is 38.8 Å². The number of alkyl halides is 2. The zero-order chi connectivity index (χ0) is 13.0. The van der Waals surface area contributed by atoms with Crippen molar-refractivity contribution in [1.29, 1.82) is 0 Å². The fourth-order valence-corrected chi connectivity index (χ4v) is 2.12. The first kappa shape index (κ1) is 13.3. The van der Waals surface area contributed by atoms with Gasteiger partial charge in [0.25, 0.3) is 0 Å². The second-order valence-corrected chi connectivity index (χ2v) is 4.88. The monoisotopic (exact) mass is 255 g/mol. The standard InChI is InChI=1S/C14H19F2NO/c1-10(17-9-11-4-2-5-11)12-6-3-7-13(8-12)18-14(15)16/h3,6-8,10-11,14,17H,2,4-5,9H2,1H3. The molecule has 0 spiro atoms. The Balaban J connectivity index is 1.89. The normalized spacial score (nSPS) is 17.6. The lowest BCUT2D eigenvalue weighted by Crippen LogP contribution is -2.29. The van der Waals surface area contributed by atoms with Crippen LogP contribution in [0.3, 0.4) is 0 Å². The van der Waals surface area contributed by atoms with Gasteiger partial charge in [0, 0.05) is 6.04 Å². The van der Waals surface area contributed by atoms with E-state index in [1.165, 1.54) is 19.3 Å². The fourth-order valence-electron chi connectivity index (χ4n) is 2.12. The maximum Gasteiger partial charge on any atom is 0.387 e. The number of nitrogens with one attached hydrogen (secondary N) is 1. The first-order valence-corrected chi connectivity index (χ1v) is 6.43. The van der Waals surface area contributed by atoms with E-state index in [2.05, 4.69) is 10.1 Å². The molecule has 1 N–H and O–H groups in total. The van der Waals surface area contributed by atoms with E-state index in [1.54, 1.807) is 18.2 Å². The van der Waals surface area contributed by atoms with Crippen molar-refractivity contribution in [3.8, 4) is 5.75 Å². The van der Waals surface area contributed by atoms with Crippen LogP contribution in [0.25, 0.3) is 0 Å². The number of rotatable bonds is 6. The van der Waals surface area contributed by atoms with Gasteiger partial charge in [-0.25, -0.2) is 0 Å². The molecular weight excluding hydrogens is 236 g/mol. The van der Waals surface area contributed by atoms with E-state index in [1.807, 2.05) is 13.0 Å². The van der Waals surface area contributed by atoms with Crippen LogP contribution >= 0.6 is 0 Å². The molecule has 18 heavy (non-hydrogen) atoms. The molecule has 0 aromatic heterocycles. The van der Waals surface area contributed by atoms with E-state index in [0.29, 0.717) is 0 Å². The number of ether oxygens (including phenoxy) is 1. The third kappa shape index (κ3) is 3.67. The van der Waals surface area contributed by atoms with Gasteiger partial charge in [-0.05, 0) is 49.9 Å². The molecule has 0 aliphatic heterocycles. The van der Waals surface area contributed by atoms with E-state index in [9.17, 15) is 8.78 Å². The second kappa shape index (κ2) is 6.14. The average Bonchev–Trinajstić information content (AvgIpc) is 2.26. The van der Waals surface area contributed by atoms with Crippen LogP contribution in [-0.2, 0) is 0 Å². The number of benzene rings is 1. The highest BCUT2D eigenvalue weighted by molar-refractivity contribution is 5.30. The van der Waals surface area contributed by atoms with Crippen LogP contribution in [0, 0.1) is 5.92 Å². The highest BCUT2D eigenvalue weighted by atomic mass is 19.3. The van der Waals surface area contributed by atoms with Gasteiger partial charge in [0.1, 0.15) is 5.75 Å². The molecule has 4 heteroatoms. The molecule has 0 amide bonds. The van der Waals surface area contributed by atoms with Crippen molar-refractivity contribution >= 4 is 0 Å². The first-order valence-electron chi connectivity index (χ1n) is 6.43. The Morgan fingerprint density at radius 3 is 2.78 bits per heavy atom. The molecule has 1 fully saturated rings. The van der Waals surface area contributed by atoms with Gasteiger partial charge in [-0.15, -0.1) is 0 Å². The van der Waals surface area contributed by atoms with Gasteiger partial charge < -0.3 is 10.1 Å². The lowest BCUT2D eigenvalue weighted by atomic mass is 9.85. The van der Waals surface area contributed by atoms with Crippen molar-refractivity contribution in [1.82, 2.24) is 5.32 Å². The lowest BCUT2D eigenvalue weighted by Gasteiger charge is -2.27. The van der Waals surface area contributed by atoms with Gasteiger partial charge in [0.05, 0.1) is 0 Å². The fraction of sp³-hybridized carbons (Fsp3) is 0.571. The summed E-state index contributed by atoms with van der Waals surface area (Å²) in [4.78, 5) is 0. The zero-order valence-electron chi connectivity index (χ0n) is 10.5. The quantitative estimate of drug-likeness (QED) is 0.836. The average molecular weight is 255 g/mol. The van der Waals surface area contributed by atoms with E-state index in [4.69, 9.17) is 0 Å². The molecule has 2 rings (SSSR count). The summed E-state index contributed by atoms with van der Waals surface area (Å²) in [5, 5.41) is 3.44. The maximum absolute atomic E-state index is 12.1. The van der Waals surface area contributed by atoms with Gasteiger partial charge in [0.2, 0.25) is 0 Å². The molecule has 1 unspecified atom stereocenters. The molecule has 1 saturated carbocycles. The number of hydrogen-bond donors (Lipinski definition) is 1. The number of hydrogen-bond acceptors (Lipinski definition) is 2. The van der Waals surface area contributed by atoms with E-state index in [0.717, 1.165) is 18.0 Å². The molecule has 0 bridgehead atoms. The Kier molecular flexibility index (Phi) is 4.53. The molecule has 0 saturated heterocycles. The number of halogens is 2. The van der Waals surface area contributed by atoms with Gasteiger partial charge in [-0.3, -0.25) is 0 Å². The van der Waals surface area contributed by atoms with Crippen LogP contribution in [0.4, 0.5) is 8.78 Å². The van der Waals surface area contributed by atoms with Crippen molar-refractivity contribution in [2.75, 3.05) is 6.54 Å². The van der Waals surface area contributed by atoms with E-state index in [-0.39, 0.29) is 11.8 Å². The first-order chi connectivity index (χ1) is 8.65. The Morgan fingerprint density at radius 2 is 2.17 bits per heavy atom. The molecule has 0 radical (unpaired) electrons. The van der Waals surface area contributed by atoms with Crippen LogP contribution in [0.5, 0.6) is 5.75 Å². The minimum absolute atomic E-state index is 0.159. The predicted molar refractivity (Wildman–Crippen MR) is 66.8 cm³/mol. The SMILES string of the molecule is CC(NCC1CCC1)c1cccc(OC(F)F)c1. The largest absolute Gasteiger partial charge is 0.435 e. The smallest absolute Gasteiger partial charge is 0.387 e. The Bertz CT molecular complexity index is 380. The summed E-state index contributed by atoms with van der Waals surface area (Å²) in [6.45, 7) is 0.278. The molecule has 1 aliphatic carbocycles. The lowest BCUT2D eigenvalue weighted by molar-refractivity contribution is -0.0499. The van der Waals surface area contributed by atoms with E-state index >= 15 is 0 Å². The highest BCUT2D eigenvalue weighted by Crippen LogP contribution is 2.26. The minimum atomic E-state index is -2.77. The second-order valence-electron chi connectivity index (χ2n) is 4.88. The topological polar surface area (TPSA) is 21.3 Å². The summed E-state index contributed by atoms with van der Waals surface area (Å²) in [6, 6.07) is 7.05. The molecule has 0 heterocycles. The Hall–Kier alpha value is -1.16. The van der Waals surface area contributed by atoms with Gasteiger partial charge in [0.15, 0.2) is 0 Å². The van der Waals surface area contributed by atoms with Crippen LogP contribution in [-0.4, -0.2) is 13.2 Å².